The van der Waals surface area contributed by atoms with Gasteiger partial charge in [0, 0.05) is 59.0 Å². The van der Waals surface area contributed by atoms with Crippen molar-refractivity contribution in [3.05, 3.63) is 79.9 Å². The number of aromatic carboxylic acids is 1. The van der Waals surface area contributed by atoms with E-state index in [0.717, 1.165) is 0 Å². The van der Waals surface area contributed by atoms with Gasteiger partial charge in [-0.25, -0.2) is 14.8 Å². The first-order valence-corrected chi connectivity index (χ1v) is 16.9. The summed E-state index contributed by atoms with van der Waals surface area (Å²) in [6, 6.07) is 8.93. The van der Waals surface area contributed by atoms with E-state index in [1.54, 1.807) is 36.6 Å². The number of hydrogen-bond acceptors (Lipinski definition) is 9. The Morgan fingerprint density at radius 1 is 1.20 bits per heavy atom. The van der Waals surface area contributed by atoms with Crippen molar-refractivity contribution in [1.29, 1.82) is 5.26 Å². The van der Waals surface area contributed by atoms with Gasteiger partial charge < -0.3 is 10.0 Å². The van der Waals surface area contributed by atoms with Gasteiger partial charge in [0.2, 0.25) is 0 Å². The van der Waals surface area contributed by atoms with Crippen LogP contribution < -0.4 is 10.5 Å². The van der Waals surface area contributed by atoms with Crippen LogP contribution >= 0.6 is 22.9 Å². The second-order valence-electron chi connectivity index (χ2n) is 11.8. The molecule has 1 aliphatic heterocycles. The van der Waals surface area contributed by atoms with E-state index in [2.05, 4.69) is 32.9 Å². The summed E-state index contributed by atoms with van der Waals surface area (Å²) in [5.41, 5.74) is 2.28. The topological polar surface area (TPSA) is 128 Å². The lowest BCUT2D eigenvalue weighted by molar-refractivity contribution is -0.147. The maximum Gasteiger partial charge on any atom is 0.401 e. The van der Waals surface area contributed by atoms with Crippen LogP contribution in [-0.4, -0.2) is 73.9 Å². The fourth-order valence-electron chi connectivity index (χ4n) is 6.40. The molecule has 0 bridgehead atoms. The normalized spacial score (nSPS) is 14.0. The van der Waals surface area contributed by atoms with Gasteiger partial charge in [0.25, 0.3) is 5.56 Å². The number of piperidine rings is 1. The molecule has 256 valence electrons. The molecule has 0 radical (unpaired) electrons. The third-order valence-corrected chi connectivity index (χ3v) is 9.95. The molecule has 6 rings (SSSR count). The van der Waals surface area contributed by atoms with Gasteiger partial charge in [-0.15, -0.1) is 11.3 Å². The quantitative estimate of drug-likeness (QED) is 0.187. The number of nitriles is 1. The van der Waals surface area contributed by atoms with Crippen molar-refractivity contribution < 1.29 is 23.1 Å². The van der Waals surface area contributed by atoms with Gasteiger partial charge in [0.15, 0.2) is 0 Å². The molecule has 0 amide bonds. The average Bonchev–Trinajstić information content (AvgIpc) is 3.52. The highest BCUT2D eigenvalue weighted by Gasteiger charge is 2.34. The van der Waals surface area contributed by atoms with Gasteiger partial charge in [-0.1, -0.05) is 23.4 Å². The first-order chi connectivity index (χ1) is 23.9. The van der Waals surface area contributed by atoms with Crippen molar-refractivity contribution in [3.63, 3.8) is 0 Å². The summed E-state index contributed by atoms with van der Waals surface area (Å²) >= 11 is 7.62. The number of aromatic nitrogens is 4. The molecule has 10 nitrogen and oxygen atoms in total. The number of aryl methyl sites for hydroxylation is 1. The SMILES string of the molecule is CCN(c1ncc2nc(C)n(CC#Cc3ccc(Cl)cc3-c3ccnc4c(C(=O)O)csc34)c(=O)c2c1C#N)C1CCN(CC(F)(F)F)CC1. The van der Waals surface area contributed by atoms with Crippen molar-refractivity contribution in [2.24, 2.45) is 0 Å². The van der Waals surface area contributed by atoms with Crippen molar-refractivity contribution >= 4 is 55.8 Å². The zero-order valence-corrected chi connectivity index (χ0v) is 28.5. The number of carboxylic acid groups (broad SMARTS) is 1. The molecular formula is C35H29ClF3N7O3S. The zero-order valence-electron chi connectivity index (χ0n) is 26.9. The number of halogens is 4. The largest absolute Gasteiger partial charge is 0.478 e. The second kappa shape index (κ2) is 14.1. The fraction of sp³-hybridized carbons (Fsp3) is 0.314. The highest BCUT2D eigenvalue weighted by Crippen LogP contribution is 2.36. The zero-order chi connectivity index (χ0) is 35.7. The summed E-state index contributed by atoms with van der Waals surface area (Å²) in [4.78, 5) is 42.3. The molecule has 4 aromatic heterocycles. The van der Waals surface area contributed by atoms with E-state index < -0.39 is 24.2 Å². The van der Waals surface area contributed by atoms with Crippen LogP contribution in [0.5, 0.6) is 0 Å². The second-order valence-corrected chi connectivity index (χ2v) is 13.1. The van der Waals surface area contributed by atoms with Crippen molar-refractivity contribution in [2.45, 2.75) is 45.5 Å². The van der Waals surface area contributed by atoms with Crippen LogP contribution in [0.4, 0.5) is 19.0 Å². The van der Waals surface area contributed by atoms with E-state index in [-0.39, 0.29) is 47.7 Å². The Morgan fingerprint density at radius 3 is 2.64 bits per heavy atom. The van der Waals surface area contributed by atoms with Gasteiger partial charge in [-0.3, -0.25) is 19.2 Å². The summed E-state index contributed by atoms with van der Waals surface area (Å²) < 4.78 is 40.9. The Kier molecular flexibility index (Phi) is 9.80. The molecule has 15 heteroatoms. The average molecular weight is 720 g/mol. The number of alkyl halides is 3. The van der Waals surface area contributed by atoms with Crippen LogP contribution in [0.15, 0.2) is 46.8 Å². The van der Waals surface area contributed by atoms with Crippen LogP contribution in [0.3, 0.4) is 0 Å². The lowest BCUT2D eigenvalue weighted by atomic mass is 10.00. The summed E-state index contributed by atoms with van der Waals surface area (Å²) in [7, 11) is 0. The number of carbonyl (C=O) groups is 1. The minimum atomic E-state index is -4.28. The maximum absolute atomic E-state index is 14.0. The number of thiophene rings is 1. The highest BCUT2D eigenvalue weighted by atomic mass is 35.5. The first-order valence-electron chi connectivity index (χ1n) is 15.6. The molecule has 0 saturated carbocycles. The van der Waals surface area contributed by atoms with E-state index in [9.17, 15) is 33.1 Å². The Morgan fingerprint density at radius 2 is 1.96 bits per heavy atom. The summed E-state index contributed by atoms with van der Waals surface area (Å²) in [6.07, 6.45) is -0.392. The summed E-state index contributed by atoms with van der Waals surface area (Å²) in [5, 5.41) is 22.0. The Hall–Kier alpha value is -5.02. The number of carboxylic acids is 1. The van der Waals surface area contributed by atoms with Gasteiger partial charge >= 0.3 is 12.1 Å². The molecule has 0 atom stereocenters. The lowest BCUT2D eigenvalue weighted by Gasteiger charge is -2.39. The number of fused-ring (bicyclic) bond motifs is 2. The van der Waals surface area contributed by atoms with Crippen LogP contribution in [0, 0.1) is 30.1 Å². The van der Waals surface area contributed by atoms with Crippen LogP contribution in [0.1, 0.15) is 47.1 Å². The summed E-state index contributed by atoms with van der Waals surface area (Å²) in [5.74, 6) is 5.76. The van der Waals surface area contributed by atoms with Crippen molar-refractivity contribution in [1.82, 2.24) is 24.4 Å². The molecule has 5 aromatic rings. The van der Waals surface area contributed by atoms with Gasteiger partial charge in [0.05, 0.1) is 46.0 Å². The standard InChI is InChI=1S/C35H29ClF3N7O3S/c1-3-45(23-9-13-44(14-10-23)19-35(37,38)39)32-26(16-40)29-28(17-42-32)43-20(2)46(33(29)47)12-4-5-21-6-7-22(36)15-25(21)24-8-11-41-30-27(34(48)49)18-50-31(24)30/h6-8,11,15,17-18,23H,3,9-10,12-14,19H2,1-2H3,(H,48,49). The molecule has 0 spiro atoms. The predicted molar refractivity (Wildman–Crippen MR) is 186 cm³/mol. The molecular weight excluding hydrogens is 691 g/mol. The van der Waals surface area contributed by atoms with Gasteiger partial charge in [0.1, 0.15) is 23.3 Å². The monoisotopic (exact) mass is 719 g/mol. The van der Waals surface area contributed by atoms with Gasteiger partial charge in [-0.05, 0) is 51.0 Å². The van der Waals surface area contributed by atoms with E-state index in [1.165, 1.54) is 33.2 Å². The van der Waals surface area contributed by atoms with Crippen LogP contribution in [0.2, 0.25) is 5.02 Å². The molecule has 1 aliphatic rings. The van der Waals surface area contributed by atoms with Crippen molar-refractivity contribution in [3.8, 4) is 29.0 Å². The smallest absolute Gasteiger partial charge is 0.401 e. The molecule has 0 aliphatic carbocycles. The first kappa shape index (κ1) is 34.8. The number of likely N-dealkylation sites (tertiary alicyclic amines) is 1. The number of hydrogen-bond donors (Lipinski definition) is 1. The summed E-state index contributed by atoms with van der Waals surface area (Å²) in [6.45, 7) is 3.45. The molecule has 0 unspecified atom stereocenters. The third kappa shape index (κ3) is 6.87. The van der Waals surface area contributed by atoms with Gasteiger partial charge in [-0.2, -0.15) is 18.4 Å². The Bertz CT molecular complexity index is 2300. The highest BCUT2D eigenvalue weighted by molar-refractivity contribution is 7.18. The van der Waals surface area contributed by atoms with Crippen molar-refractivity contribution in [2.75, 3.05) is 31.1 Å². The Labute approximate surface area is 293 Å². The predicted octanol–water partition coefficient (Wildman–Crippen LogP) is 6.50. The van der Waals surface area contributed by atoms with Crippen LogP contribution in [0.25, 0.3) is 32.2 Å². The molecule has 1 fully saturated rings. The number of benzene rings is 1. The molecule has 50 heavy (non-hydrogen) atoms. The maximum atomic E-state index is 14.0. The number of nitrogens with zero attached hydrogens (tertiary/aromatic N) is 7. The van der Waals surface area contributed by atoms with Crippen LogP contribution in [-0.2, 0) is 6.54 Å². The molecule has 5 heterocycles. The van der Waals surface area contributed by atoms with E-state index >= 15 is 0 Å². The molecule has 1 N–H and O–H groups in total. The number of rotatable bonds is 7. The minimum absolute atomic E-state index is 0.0543. The Balaban J connectivity index is 1.34. The lowest BCUT2D eigenvalue weighted by Crippen LogP contribution is -2.47. The number of anilines is 1. The fourth-order valence-corrected chi connectivity index (χ4v) is 7.60. The molecule has 1 saturated heterocycles. The van der Waals surface area contributed by atoms with E-state index in [4.69, 9.17) is 11.6 Å². The van der Waals surface area contributed by atoms with E-state index in [0.29, 0.717) is 63.0 Å². The number of pyridine rings is 2. The van der Waals surface area contributed by atoms with E-state index in [1.807, 2.05) is 11.8 Å². The molecule has 1 aromatic carbocycles. The minimum Gasteiger partial charge on any atom is -0.478 e. The third-order valence-electron chi connectivity index (χ3n) is 8.71.